The predicted octanol–water partition coefficient (Wildman–Crippen LogP) is 1.24. The van der Waals surface area contributed by atoms with Crippen LogP contribution in [-0.2, 0) is 16.1 Å². The first-order valence-corrected chi connectivity index (χ1v) is 6.77. The maximum Gasteiger partial charge on any atom is 0.248 e. The molecular formula is C14H21N3O3. The summed E-state index contributed by atoms with van der Waals surface area (Å²) in [4.78, 5) is 26.4. The molecule has 1 aromatic heterocycles. The molecule has 1 fully saturated rings. The van der Waals surface area contributed by atoms with Gasteiger partial charge in [0.25, 0.3) is 0 Å². The van der Waals surface area contributed by atoms with Gasteiger partial charge in [0, 0.05) is 6.07 Å². The molecule has 2 amide bonds. The van der Waals surface area contributed by atoms with E-state index in [-0.39, 0.29) is 24.3 Å². The molecule has 1 saturated heterocycles. The molecular weight excluding hydrogens is 258 g/mol. The van der Waals surface area contributed by atoms with Gasteiger partial charge in [-0.05, 0) is 26.7 Å². The van der Waals surface area contributed by atoms with Crippen LogP contribution in [0.4, 0.5) is 0 Å². The minimum absolute atomic E-state index is 0.0269. The van der Waals surface area contributed by atoms with Gasteiger partial charge in [-0.15, -0.1) is 0 Å². The van der Waals surface area contributed by atoms with Gasteiger partial charge in [-0.1, -0.05) is 19.0 Å². The molecule has 0 aliphatic carbocycles. The summed E-state index contributed by atoms with van der Waals surface area (Å²) in [6.07, 6.45) is 0. The van der Waals surface area contributed by atoms with Gasteiger partial charge in [0.05, 0.1) is 12.2 Å². The maximum absolute atomic E-state index is 12.6. The Hall–Kier alpha value is -1.85. The van der Waals surface area contributed by atoms with E-state index >= 15 is 0 Å². The molecule has 1 aliphatic rings. The third kappa shape index (κ3) is 2.55. The first-order valence-electron chi connectivity index (χ1n) is 6.77. The van der Waals surface area contributed by atoms with Crippen molar-refractivity contribution in [2.24, 2.45) is 5.92 Å². The summed E-state index contributed by atoms with van der Waals surface area (Å²) in [5.41, 5.74) is -0.133. The number of nitrogens with one attached hydrogen (secondary N) is 1. The fourth-order valence-corrected chi connectivity index (χ4v) is 2.55. The van der Waals surface area contributed by atoms with Gasteiger partial charge < -0.3 is 14.7 Å². The number of hydrogen-bond acceptors (Lipinski definition) is 4. The second kappa shape index (κ2) is 4.92. The van der Waals surface area contributed by atoms with Gasteiger partial charge in [-0.25, -0.2) is 0 Å². The van der Waals surface area contributed by atoms with Crippen LogP contribution in [0.2, 0.25) is 0 Å². The number of hydrogen-bond donors (Lipinski definition) is 1. The Labute approximate surface area is 118 Å². The molecule has 0 aromatic carbocycles. The number of rotatable bonds is 3. The van der Waals surface area contributed by atoms with Crippen LogP contribution in [0, 0.1) is 12.8 Å². The van der Waals surface area contributed by atoms with Crippen molar-refractivity contribution in [3.05, 3.63) is 17.5 Å². The Kier molecular flexibility index (Phi) is 3.58. The lowest BCUT2D eigenvalue weighted by atomic mass is 9.91. The number of carbonyl (C=O) groups is 2. The minimum Gasteiger partial charge on any atom is -0.359 e. The maximum atomic E-state index is 12.6. The average Bonchev–Trinajstić information content (AvgIpc) is 2.70. The Morgan fingerprint density at radius 3 is 2.60 bits per heavy atom. The lowest BCUT2D eigenvalue weighted by molar-refractivity contribution is -0.156. The van der Waals surface area contributed by atoms with Gasteiger partial charge in [0.2, 0.25) is 11.8 Å². The van der Waals surface area contributed by atoms with Crippen molar-refractivity contribution in [2.45, 2.75) is 52.7 Å². The van der Waals surface area contributed by atoms with Crippen LogP contribution in [0.1, 0.15) is 39.1 Å². The highest BCUT2D eigenvalue weighted by Gasteiger charge is 2.46. The lowest BCUT2D eigenvalue weighted by Gasteiger charge is -2.43. The first-order chi connectivity index (χ1) is 9.22. The number of nitrogens with zero attached hydrogens (tertiary/aromatic N) is 2. The predicted molar refractivity (Wildman–Crippen MR) is 72.6 cm³/mol. The molecule has 0 bridgehead atoms. The second-order valence-corrected chi connectivity index (χ2v) is 6.17. The zero-order valence-corrected chi connectivity index (χ0v) is 12.6. The van der Waals surface area contributed by atoms with E-state index in [1.165, 1.54) is 0 Å². The highest BCUT2D eigenvalue weighted by atomic mass is 16.5. The molecule has 2 heterocycles. The fourth-order valence-electron chi connectivity index (χ4n) is 2.55. The Bertz CT molecular complexity index is 534. The zero-order valence-electron chi connectivity index (χ0n) is 12.6. The molecule has 20 heavy (non-hydrogen) atoms. The molecule has 6 heteroatoms. The van der Waals surface area contributed by atoms with E-state index in [9.17, 15) is 9.59 Å². The molecule has 2 rings (SSSR count). The lowest BCUT2D eigenvalue weighted by Crippen LogP contribution is -2.68. The quantitative estimate of drug-likeness (QED) is 0.903. The smallest absolute Gasteiger partial charge is 0.248 e. The number of carbonyl (C=O) groups excluding carboxylic acids is 2. The topological polar surface area (TPSA) is 75.4 Å². The fraction of sp³-hybridized carbons (Fsp3) is 0.643. The number of piperazine rings is 1. The van der Waals surface area contributed by atoms with E-state index in [2.05, 4.69) is 10.5 Å². The van der Waals surface area contributed by atoms with Crippen molar-refractivity contribution in [1.29, 1.82) is 0 Å². The third-order valence-electron chi connectivity index (χ3n) is 3.47. The molecule has 1 unspecified atom stereocenters. The van der Waals surface area contributed by atoms with Gasteiger partial charge >= 0.3 is 0 Å². The summed E-state index contributed by atoms with van der Waals surface area (Å²) in [5.74, 6) is 0.386. The van der Waals surface area contributed by atoms with E-state index < -0.39 is 11.6 Å². The Balaban J connectivity index is 2.32. The molecule has 6 nitrogen and oxygen atoms in total. The Morgan fingerprint density at radius 1 is 1.45 bits per heavy atom. The standard InChI is InChI=1S/C14H21N3O3/c1-8(2)11-12(18)15-14(4,5)13(19)17(11)7-10-6-9(3)16-20-10/h6,8,11H,7H2,1-5H3,(H,15,18). The van der Waals surface area contributed by atoms with Crippen LogP contribution in [0.5, 0.6) is 0 Å². The van der Waals surface area contributed by atoms with Gasteiger partial charge in [0.1, 0.15) is 11.6 Å². The van der Waals surface area contributed by atoms with Crippen molar-refractivity contribution < 1.29 is 14.1 Å². The normalized spacial score (nSPS) is 22.3. The highest BCUT2D eigenvalue weighted by molar-refractivity contribution is 5.99. The van der Waals surface area contributed by atoms with Crippen molar-refractivity contribution in [2.75, 3.05) is 0 Å². The number of aryl methyl sites for hydroxylation is 1. The largest absolute Gasteiger partial charge is 0.359 e. The average molecular weight is 279 g/mol. The van der Waals surface area contributed by atoms with Crippen LogP contribution < -0.4 is 5.32 Å². The minimum atomic E-state index is -0.891. The molecule has 1 aromatic rings. The Morgan fingerprint density at radius 2 is 2.10 bits per heavy atom. The van der Waals surface area contributed by atoms with Gasteiger partial charge in [0.15, 0.2) is 5.76 Å². The molecule has 1 atom stereocenters. The van der Waals surface area contributed by atoms with Crippen molar-refractivity contribution in [3.8, 4) is 0 Å². The van der Waals surface area contributed by atoms with Crippen LogP contribution in [0.3, 0.4) is 0 Å². The van der Waals surface area contributed by atoms with E-state index in [1.807, 2.05) is 20.8 Å². The van der Waals surface area contributed by atoms with Gasteiger partial charge in [-0.3, -0.25) is 9.59 Å². The van der Waals surface area contributed by atoms with E-state index in [1.54, 1.807) is 24.8 Å². The first kappa shape index (κ1) is 14.6. The molecule has 1 N–H and O–H groups in total. The molecule has 0 radical (unpaired) electrons. The molecule has 0 spiro atoms. The highest BCUT2D eigenvalue weighted by Crippen LogP contribution is 2.24. The monoisotopic (exact) mass is 279 g/mol. The summed E-state index contributed by atoms with van der Waals surface area (Å²) < 4.78 is 5.17. The second-order valence-electron chi connectivity index (χ2n) is 6.17. The van der Waals surface area contributed by atoms with Crippen LogP contribution >= 0.6 is 0 Å². The van der Waals surface area contributed by atoms with Crippen LogP contribution in [0.15, 0.2) is 10.6 Å². The third-order valence-corrected chi connectivity index (χ3v) is 3.47. The SMILES string of the molecule is Cc1cc(CN2C(=O)C(C)(C)NC(=O)C2C(C)C)on1. The summed E-state index contributed by atoms with van der Waals surface area (Å²) in [6, 6.07) is 1.30. The van der Waals surface area contributed by atoms with E-state index in [0.717, 1.165) is 5.69 Å². The van der Waals surface area contributed by atoms with Crippen molar-refractivity contribution in [3.63, 3.8) is 0 Å². The van der Waals surface area contributed by atoms with E-state index in [0.29, 0.717) is 5.76 Å². The summed E-state index contributed by atoms with van der Waals surface area (Å²) in [5, 5.41) is 6.60. The van der Waals surface area contributed by atoms with Crippen LogP contribution in [-0.4, -0.2) is 33.5 Å². The van der Waals surface area contributed by atoms with Crippen molar-refractivity contribution >= 4 is 11.8 Å². The summed E-state index contributed by atoms with van der Waals surface area (Å²) in [6.45, 7) is 9.36. The van der Waals surface area contributed by atoms with Crippen molar-refractivity contribution in [1.82, 2.24) is 15.4 Å². The molecule has 1 aliphatic heterocycles. The van der Waals surface area contributed by atoms with Gasteiger partial charge in [-0.2, -0.15) is 0 Å². The van der Waals surface area contributed by atoms with Crippen LogP contribution in [0.25, 0.3) is 0 Å². The zero-order chi connectivity index (χ0) is 15.1. The molecule has 110 valence electrons. The van der Waals surface area contributed by atoms with E-state index in [4.69, 9.17) is 4.52 Å². The summed E-state index contributed by atoms with van der Waals surface area (Å²) >= 11 is 0. The molecule has 0 saturated carbocycles. The summed E-state index contributed by atoms with van der Waals surface area (Å²) in [7, 11) is 0. The number of amides is 2. The number of aromatic nitrogens is 1.